The quantitative estimate of drug-likeness (QED) is 0.909. The summed E-state index contributed by atoms with van der Waals surface area (Å²) in [4.78, 5) is 14.5. The molecule has 0 bridgehead atoms. The number of hydrogen-bond acceptors (Lipinski definition) is 5. The summed E-state index contributed by atoms with van der Waals surface area (Å²) in [5, 5.41) is 7.31. The van der Waals surface area contributed by atoms with Gasteiger partial charge in [0, 0.05) is 30.1 Å². The molecule has 1 heterocycles. The Kier molecular flexibility index (Phi) is 4.85. The van der Waals surface area contributed by atoms with Crippen LogP contribution in [0.4, 0.5) is 0 Å². The second-order valence-corrected chi connectivity index (χ2v) is 6.41. The summed E-state index contributed by atoms with van der Waals surface area (Å²) >= 11 is 0. The van der Waals surface area contributed by atoms with E-state index in [4.69, 9.17) is 9.26 Å². The number of ether oxygens (including phenoxy) is 1. The fourth-order valence-corrected chi connectivity index (χ4v) is 3.02. The van der Waals surface area contributed by atoms with E-state index in [1.165, 1.54) is 0 Å². The number of aryl methyl sites for hydroxylation is 1. The van der Waals surface area contributed by atoms with Crippen molar-refractivity contribution in [2.45, 2.75) is 31.8 Å². The molecule has 1 unspecified atom stereocenters. The van der Waals surface area contributed by atoms with Crippen molar-refractivity contribution >= 4 is 5.91 Å². The molecule has 0 saturated heterocycles. The molecule has 1 atom stereocenters. The lowest BCUT2D eigenvalue weighted by Crippen LogP contribution is -2.38. The standard InChI is InChI=1S/C18H23N3O3/c1-21(2)11-16-15-10-13(6-9-17(15)24-20-16)19-18(22)12-4-7-14(23-3)8-5-12/h4-5,7-8,13H,6,9-11H2,1-3H3,(H,19,22). The maximum absolute atomic E-state index is 12.4. The molecule has 1 aromatic carbocycles. The van der Waals surface area contributed by atoms with Gasteiger partial charge in [-0.25, -0.2) is 0 Å². The van der Waals surface area contributed by atoms with Crippen LogP contribution in [0, 0.1) is 0 Å². The van der Waals surface area contributed by atoms with E-state index in [1.54, 1.807) is 31.4 Å². The van der Waals surface area contributed by atoms with Crippen LogP contribution < -0.4 is 10.1 Å². The van der Waals surface area contributed by atoms with Gasteiger partial charge >= 0.3 is 0 Å². The Labute approximate surface area is 141 Å². The third-order valence-electron chi connectivity index (χ3n) is 4.27. The van der Waals surface area contributed by atoms with Crippen molar-refractivity contribution in [2.75, 3.05) is 21.2 Å². The molecule has 0 aliphatic heterocycles. The molecule has 1 amide bonds. The first-order chi connectivity index (χ1) is 11.6. The Bertz CT molecular complexity index is 707. The zero-order valence-electron chi connectivity index (χ0n) is 14.3. The fourth-order valence-electron chi connectivity index (χ4n) is 3.02. The first-order valence-electron chi connectivity index (χ1n) is 8.12. The van der Waals surface area contributed by atoms with Gasteiger partial charge in [0.1, 0.15) is 17.2 Å². The van der Waals surface area contributed by atoms with Gasteiger partial charge in [-0.1, -0.05) is 5.16 Å². The third-order valence-corrected chi connectivity index (χ3v) is 4.27. The number of carbonyl (C=O) groups is 1. The van der Waals surface area contributed by atoms with Crippen LogP contribution in [-0.4, -0.2) is 43.2 Å². The maximum atomic E-state index is 12.4. The average molecular weight is 329 g/mol. The first-order valence-corrected chi connectivity index (χ1v) is 8.12. The van der Waals surface area contributed by atoms with Gasteiger partial charge in [-0.3, -0.25) is 4.79 Å². The lowest BCUT2D eigenvalue weighted by molar-refractivity contribution is 0.0932. The molecular formula is C18H23N3O3. The van der Waals surface area contributed by atoms with Crippen LogP contribution in [0.15, 0.2) is 28.8 Å². The van der Waals surface area contributed by atoms with Gasteiger partial charge in [0.2, 0.25) is 0 Å². The lowest BCUT2D eigenvalue weighted by Gasteiger charge is -2.23. The summed E-state index contributed by atoms with van der Waals surface area (Å²) in [7, 11) is 5.62. The Morgan fingerprint density at radius 2 is 2.12 bits per heavy atom. The molecule has 2 aromatic rings. The Hall–Kier alpha value is -2.34. The largest absolute Gasteiger partial charge is 0.497 e. The highest BCUT2D eigenvalue weighted by molar-refractivity contribution is 5.94. The number of nitrogens with one attached hydrogen (secondary N) is 1. The molecule has 1 aliphatic carbocycles. The molecular weight excluding hydrogens is 306 g/mol. The molecule has 0 radical (unpaired) electrons. The molecule has 128 valence electrons. The van der Waals surface area contributed by atoms with Crippen molar-refractivity contribution in [1.82, 2.24) is 15.4 Å². The SMILES string of the molecule is COc1ccc(C(=O)NC2CCc3onc(CN(C)C)c3C2)cc1. The van der Waals surface area contributed by atoms with Gasteiger partial charge in [-0.15, -0.1) is 0 Å². The van der Waals surface area contributed by atoms with Crippen LogP contribution in [0.3, 0.4) is 0 Å². The number of methoxy groups -OCH3 is 1. The van der Waals surface area contributed by atoms with Crippen molar-refractivity contribution in [3.8, 4) is 5.75 Å². The average Bonchev–Trinajstić information content (AvgIpc) is 2.96. The topological polar surface area (TPSA) is 67.6 Å². The van der Waals surface area contributed by atoms with Gasteiger partial charge in [-0.05, 0) is 51.2 Å². The van der Waals surface area contributed by atoms with Crippen molar-refractivity contribution in [2.24, 2.45) is 0 Å². The van der Waals surface area contributed by atoms with E-state index in [-0.39, 0.29) is 11.9 Å². The van der Waals surface area contributed by atoms with Crippen LogP contribution in [0.5, 0.6) is 5.75 Å². The van der Waals surface area contributed by atoms with E-state index >= 15 is 0 Å². The highest BCUT2D eigenvalue weighted by Crippen LogP contribution is 2.25. The second kappa shape index (κ2) is 7.05. The zero-order chi connectivity index (χ0) is 17.1. The number of rotatable bonds is 5. The highest BCUT2D eigenvalue weighted by atomic mass is 16.5. The maximum Gasteiger partial charge on any atom is 0.251 e. The first kappa shape index (κ1) is 16.5. The summed E-state index contributed by atoms with van der Waals surface area (Å²) in [5.74, 6) is 1.64. The smallest absolute Gasteiger partial charge is 0.251 e. The van der Waals surface area contributed by atoms with Crippen molar-refractivity contribution < 1.29 is 14.1 Å². The Balaban J connectivity index is 1.66. The zero-order valence-corrected chi connectivity index (χ0v) is 14.3. The summed E-state index contributed by atoms with van der Waals surface area (Å²) in [6, 6.07) is 7.25. The van der Waals surface area contributed by atoms with Crippen molar-refractivity contribution in [1.29, 1.82) is 0 Å². The summed E-state index contributed by atoms with van der Waals surface area (Å²) < 4.78 is 10.6. The number of nitrogens with zero attached hydrogens (tertiary/aromatic N) is 2. The molecule has 6 heteroatoms. The molecule has 0 spiro atoms. The minimum Gasteiger partial charge on any atom is -0.497 e. The Morgan fingerprint density at radius 1 is 1.38 bits per heavy atom. The van der Waals surface area contributed by atoms with E-state index in [0.29, 0.717) is 5.56 Å². The van der Waals surface area contributed by atoms with E-state index in [9.17, 15) is 4.79 Å². The molecule has 24 heavy (non-hydrogen) atoms. The molecule has 1 aromatic heterocycles. The normalized spacial score (nSPS) is 16.8. The minimum atomic E-state index is -0.0586. The van der Waals surface area contributed by atoms with Crippen molar-refractivity contribution in [3.63, 3.8) is 0 Å². The summed E-state index contributed by atoms with van der Waals surface area (Å²) in [5.41, 5.74) is 2.76. The fraction of sp³-hybridized carbons (Fsp3) is 0.444. The van der Waals surface area contributed by atoms with Crippen LogP contribution in [0.25, 0.3) is 0 Å². The molecule has 3 rings (SSSR count). The van der Waals surface area contributed by atoms with Gasteiger partial charge in [-0.2, -0.15) is 0 Å². The minimum absolute atomic E-state index is 0.0586. The molecule has 0 saturated carbocycles. The van der Waals surface area contributed by atoms with Gasteiger partial charge < -0.3 is 19.5 Å². The van der Waals surface area contributed by atoms with E-state index in [1.807, 2.05) is 14.1 Å². The number of aromatic nitrogens is 1. The summed E-state index contributed by atoms with van der Waals surface area (Å²) in [6.07, 6.45) is 2.44. The molecule has 6 nitrogen and oxygen atoms in total. The third kappa shape index (κ3) is 3.59. The van der Waals surface area contributed by atoms with E-state index in [0.717, 1.165) is 48.6 Å². The second-order valence-electron chi connectivity index (χ2n) is 6.41. The molecule has 1 aliphatic rings. The highest BCUT2D eigenvalue weighted by Gasteiger charge is 2.27. The van der Waals surface area contributed by atoms with Crippen LogP contribution >= 0.6 is 0 Å². The van der Waals surface area contributed by atoms with E-state index < -0.39 is 0 Å². The van der Waals surface area contributed by atoms with Gasteiger partial charge in [0.15, 0.2) is 0 Å². The number of fused-ring (bicyclic) bond motifs is 1. The Morgan fingerprint density at radius 3 is 2.79 bits per heavy atom. The van der Waals surface area contributed by atoms with Crippen LogP contribution in [0.1, 0.15) is 33.8 Å². The predicted molar refractivity (Wildman–Crippen MR) is 90.2 cm³/mol. The molecule has 0 fully saturated rings. The van der Waals surface area contributed by atoms with Crippen LogP contribution in [0.2, 0.25) is 0 Å². The summed E-state index contributed by atoms with van der Waals surface area (Å²) in [6.45, 7) is 0.748. The number of carbonyl (C=O) groups excluding carboxylic acids is 1. The number of benzene rings is 1. The lowest BCUT2D eigenvalue weighted by atomic mass is 9.91. The predicted octanol–water partition coefficient (Wildman–Crippen LogP) is 2.03. The van der Waals surface area contributed by atoms with Gasteiger partial charge in [0.05, 0.1) is 7.11 Å². The van der Waals surface area contributed by atoms with Crippen LogP contribution in [-0.2, 0) is 19.4 Å². The monoisotopic (exact) mass is 329 g/mol. The van der Waals surface area contributed by atoms with Gasteiger partial charge in [0.25, 0.3) is 5.91 Å². The molecule has 1 N–H and O–H groups in total. The number of hydrogen-bond donors (Lipinski definition) is 1. The van der Waals surface area contributed by atoms with Crippen molar-refractivity contribution in [3.05, 3.63) is 46.8 Å². The number of amides is 1. The van der Waals surface area contributed by atoms with E-state index in [2.05, 4.69) is 15.4 Å².